The number of nitrogens with zero attached hydrogens (tertiary/aromatic N) is 1. The van der Waals surface area contributed by atoms with Crippen LogP contribution in [0.4, 0.5) is 4.79 Å². The number of rotatable bonds is 6. The molecule has 2 aromatic rings. The summed E-state index contributed by atoms with van der Waals surface area (Å²) in [5.41, 5.74) is 8.71. The van der Waals surface area contributed by atoms with Crippen molar-refractivity contribution >= 4 is 6.09 Å². The number of carbonyl (C=O) groups is 1. The molecule has 5 heteroatoms. The maximum atomic E-state index is 12.6. The third kappa shape index (κ3) is 5.21. The van der Waals surface area contributed by atoms with Crippen LogP contribution in [0.25, 0.3) is 0 Å². The number of hydrogen-bond acceptors (Lipinski definition) is 4. The van der Waals surface area contributed by atoms with Crippen LogP contribution in [-0.2, 0) is 16.1 Å². The van der Waals surface area contributed by atoms with Gasteiger partial charge in [0.15, 0.2) is 0 Å². The van der Waals surface area contributed by atoms with Crippen molar-refractivity contribution in [1.29, 1.82) is 0 Å². The molecule has 0 spiro atoms. The third-order valence-corrected chi connectivity index (χ3v) is 6.49. The van der Waals surface area contributed by atoms with E-state index < -0.39 is 0 Å². The predicted molar refractivity (Wildman–Crippen MR) is 117 cm³/mol. The summed E-state index contributed by atoms with van der Waals surface area (Å²) >= 11 is 0. The molecule has 5 nitrogen and oxygen atoms in total. The predicted octanol–water partition coefficient (Wildman–Crippen LogP) is 4.47. The smallest absolute Gasteiger partial charge is 0.410 e. The molecular formula is C25H32N2O3. The van der Waals surface area contributed by atoms with Crippen molar-refractivity contribution in [2.75, 3.05) is 13.2 Å². The van der Waals surface area contributed by atoms with Crippen LogP contribution in [0.3, 0.4) is 0 Å². The summed E-state index contributed by atoms with van der Waals surface area (Å²) in [5.74, 6) is 0.629. The normalized spacial score (nSPS) is 26.5. The zero-order valence-corrected chi connectivity index (χ0v) is 17.5. The molecule has 1 amide bonds. The number of hydrogen-bond donors (Lipinski definition) is 1. The van der Waals surface area contributed by atoms with E-state index in [1.807, 2.05) is 30.3 Å². The molecule has 2 atom stereocenters. The topological polar surface area (TPSA) is 64.8 Å². The number of nitrogens with two attached hydrogens (primary N) is 1. The number of benzene rings is 2. The quantitative estimate of drug-likeness (QED) is 0.766. The fourth-order valence-corrected chi connectivity index (χ4v) is 4.64. The summed E-state index contributed by atoms with van der Waals surface area (Å²) in [6, 6.07) is 20.3. The van der Waals surface area contributed by atoms with E-state index in [9.17, 15) is 4.79 Å². The van der Waals surface area contributed by atoms with E-state index >= 15 is 0 Å². The van der Waals surface area contributed by atoms with E-state index in [1.54, 1.807) is 4.90 Å². The van der Waals surface area contributed by atoms with Crippen molar-refractivity contribution in [3.63, 3.8) is 0 Å². The first-order valence-electron chi connectivity index (χ1n) is 11.1. The second kappa shape index (κ2) is 10.1. The fraction of sp³-hybridized carbons (Fsp3) is 0.480. The lowest BCUT2D eigenvalue weighted by Gasteiger charge is -2.32. The largest absolute Gasteiger partial charge is 0.445 e. The molecule has 1 saturated heterocycles. The third-order valence-electron chi connectivity index (χ3n) is 6.49. The lowest BCUT2D eigenvalue weighted by molar-refractivity contribution is -0.00675. The number of carbonyl (C=O) groups excluding carboxylic acids is 1. The molecule has 0 bridgehead atoms. The molecule has 1 heterocycles. The highest BCUT2D eigenvalue weighted by Gasteiger charge is 2.37. The Bertz CT molecular complexity index is 791. The van der Waals surface area contributed by atoms with E-state index in [0.29, 0.717) is 19.1 Å². The minimum absolute atomic E-state index is 0.0602. The highest BCUT2D eigenvalue weighted by molar-refractivity contribution is 5.68. The van der Waals surface area contributed by atoms with Gasteiger partial charge in [-0.2, -0.15) is 0 Å². The SMILES string of the molecule is NC1CCN(C(=O)OCc2ccccc2)C1CO[C@H]1CC[C@@H](c2ccccc2)CC1. The second-order valence-corrected chi connectivity index (χ2v) is 8.47. The van der Waals surface area contributed by atoms with Crippen LogP contribution >= 0.6 is 0 Å². The van der Waals surface area contributed by atoms with Crippen molar-refractivity contribution in [3.05, 3.63) is 71.8 Å². The lowest BCUT2D eigenvalue weighted by Crippen LogP contribution is -2.46. The van der Waals surface area contributed by atoms with Gasteiger partial charge in [0.25, 0.3) is 0 Å². The Balaban J connectivity index is 1.24. The fourth-order valence-electron chi connectivity index (χ4n) is 4.64. The molecular weight excluding hydrogens is 376 g/mol. The van der Waals surface area contributed by atoms with Gasteiger partial charge < -0.3 is 20.1 Å². The molecule has 0 aromatic heterocycles. The maximum Gasteiger partial charge on any atom is 0.410 e. The Morgan fingerprint density at radius 3 is 2.30 bits per heavy atom. The Morgan fingerprint density at radius 2 is 1.60 bits per heavy atom. The number of amides is 1. The van der Waals surface area contributed by atoms with Crippen LogP contribution in [0.5, 0.6) is 0 Å². The molecule has 4 rings (SSSR count). The summed E-state index contributed by atoms with van der Waals surface area (Å²) in [6.07, 6.45) is 5.14. The molecule has 1 aliphatic heterocycles. The number of likely N-dealkylation sites (tertiary alicyclic amines) is 1. The first-order chi connectivity index (χ1) is 14.7. The van der Waals surface area contributed by atoms with E-state index in [-0.39, 0.29) is 30.9 Å². The van der Waals surface area contributed by atoms with Gasteiger partial charge >= 0.3 is 6.09 Å². The first-order valence-corrected chi connectivity index (χ1v) is 11.1. The summed E-state index contributed by atoms with van der Waals surface area (Å²) < 4.78 is 11.8. The zero-order chi connectivity index (χ0) is 20.8. The standard InChI is InChI=1S/C25H32N2O3/c26-23-15-16-27(25(28)30-17-19-7-3-1-4-8-19)24(23)18-29-22-13-11-21(12-14-22)20-9-5-2-6-10-20/h1-10,21-24H,11-18,26H2/t21-,22+,23?,24?. The molecule has 2 aromatic carbocycles. The van der Waals surface area contributed by atoms with Crippen molar-refractivity contribution < 1.29 is 14.3 Å². The van der Waals surface area contributed by atoms with Crippen LogP contribution in [0, 0.1) is 0 Å². The molecule has 0 radical (unpaired) electrons. The summed E-state index contributed by atoms with van der Waals surface area (Å²) in [5, 5.41) is 0. The van der Waals surface area contributed by atoms with Gasteiger partial charge in [0.2, 0.25) is 0 Å². The summed E-state index contributed by atoms with van der Waals surface area (Å²) in [6.45, 7) is 1.40. The highest BCUT2D eigenvalue weighted by Crippen LogP contribution is 2.34. The van der Waals surface area contributed by atoms with Crippen molar-refractivity contribution in [2.45, 2.75) is 62.8 Å². The minimum atomic E-state index is -0.298. The average molecular weight is 409 g/mol. The maximum absolute atomic E-state index is 12.6. The van der Waals surface area contributed by atoms with E-state index in [4.69, 9.17) is 15.2 Å². The minimum Gasteiger partial charge on any atom is -0.445 e. The van der Waals surface area contributed by atoms with Gasteiger partial charge in [-0.25, -0.2) is 4.79 Å². The zero-order valence-electron chi connectivity index (χ0n) is 17.5. The molecule has 2 N–H and O–H groups in total. The Kier molecular flexibility index (Phi) is 7.03. The van der Waals surface area contributed by atoms with Gasteiger partial charge in [0.05, 0.1) is 18.8 Å². The second-order valence-electron chi connectivity index (χ2n) is 8.47. The molecule has 1 aliphatic carbocycles. The van der Waals surface area contributed by atoms with Crippen LogP contribution in [-0.4, -0.2) is 42.3 Å². The highest BCUT2D eigenvalue weighted by atomic mass is 16.6. The van der Waals surface area contributed by atoms with Crippen molar-refractivity contribution in [3.8, 4) is 0 Å². The summed E-state index contributed by atoms with van der Waals surface area (Å²) in [4.78, 5) is 14.4. The van der Waals surface area contributed by atoms with Gasteiger partial charge in [-0.15, -0.1) is 0 Å². The Morgan fingerprint density at radius 1 is 0.933 bits per heavy atom. The van der Waals surface area contributed by atoms with Crippen LogP contribution in [0.1, 0.15) is 49.1 Å². The molecule has 1 saturated carbocycles. The van der Waals surface area contributed by atoms with Gasteiger partial charge in [-0.3, -0.25) is 0 Å². The molecule has 2 aliphatic rings. The van der Waals surface area contributed by atoms with Gasteiger partial charge in [0, 0.05) is 12.6 Å². The van der Waals surface area contributed by atoms with E-state index in [0.717, 1.165) is 37.7 Å². The Labute approximate surface area is 179 Å². The monoisotopic (exact) mass is 408 g/mol. The van der Waals surface area contributed by atoms with E-state index in [2.05, 4.69) is 30.3 Å². The molecule has 160 valence electrons. The Hall–Kier alpha value is -2.37. The average Bonchev–Trinajstić information content (AvgIpc) is 3.18. The van der Waals surface area contributed by atoms with Crippen molar-refractivity contribution in [2.24, 2.45) is 5.73 Å². The van der Waals surface area contributed by atoms with Gasteiger partial charge in [-0.05, 0) is 49.1 Å². The first kappa shape index (κ1) is 20.9. The summed E-state index contributed by atoms with van der Waals surface area (Å²) in [7, 11) is 0. The van der Waals surface area contributed by atoms with Gasteiger partial charge in [-0.1, -0.05) is 60.7 Å². The number of ether oxygens (including phenoxy) is 2. The molecule has 2 fully saturated rings. The van der Waals surface area contributed by atoms with E-state index in [1.165, 1.54) is 5.56 Å². The van der Waals surface area contributed by atoms with Crippen LogP contribution in [0.15, 0.2) is 60.7 Å². The van der Waals surface area contributed by atoms with Crippen LogP contribution in [0.2, 0.25) is 0 Å². The molecule has 30 heavy (non-hydrogen) atoms. The molecule has 2 unspecified atom stereocenters. The van der Waals surface area contributed by atoms with Crippen LogP contribution < -0.4 is 5.73 Å². The van der Waals surface area contributed by atoms with Crippen molar-refractivity contribution in [1.82, 2.24) is 4.90 Å². The van der Waals surface area contributed by atoms with Gasteiger partial charge in [0.1, 0.15) is 6.61 Å². The lowest BCUT2D eigenvalue weighted by atomic mass is 9.83.